The van der Waals surface area contributed by atoms with Gasteiger partial charge in [0.25, 0.3) is 0 Å². The van der Waals surface area contributed by atoms with Crippen molar-refractivity contribution >= 4 is 17.5 Å². The first kappa shape index (κ1) is 15.6. The van der Waals surface area contributed by atoms with Gasteiger partial charge in [-0.3, -0.25) is 9.59 Å². The minimum absolute atomic E-state index is 0.0596. The van der Waals surface area contributed by atoms with E-state index in [-0.39, 0.29) is 24.7 Å². The van der Waals surface area contributed by atoms with Crippen molar-refractivity contribution in [2.24, 2.45) is 0 Å². The molecule has 0 unspecified atom stereocenters. The second-order valence-corrected chi connectivity index (χ2v) is 4.64. The van der Waals surface area contributed by atoms with Crippen molar-refractivity contribution in [1.82, 2.24) is 5.32 Å². The van der Waals surface area contributed by atoms with Crippen LogP contribution in [0.5, 0.6) is 0 Å². The number of carbonyl (C=O) groups excluding carboxylic acids is 2. The van der Waals surface area contributed by atoms with Gasteiger partial charge in [0.05, 0.1) is 13.0 Å². The van der Waals surface area contributed by atoms with Gasteiger partial charge >= 0.3 is 0 Å². The van der Waals surface area contributed by atoms with E-state index in [1.165, 1.54) is 48.5 Å². The van der Waals surface area contributed by atoms with E-state index in [0.29, 0.717) is 11.3 Å². The van der Waals surface area contributed by atoms with Crippen molar-refractivity contribution in [3.8, 4) is 0 Å². The van der Waals surface area contributed by atoms with E-state index in [9.17, 15) is 18.4 Å². The highest BCUT2D eigenvalue weighted by atomic mass is 19.1. The van der Waals surface area contributed by atoms with Crippen molar-refractivity contribution in [3.63, 3.8) is 0 Å². The Morgan fingerprint density at radius 2 is 1.36 bits per heavy atom. The first-order chi connectivity index (χ1) is 10.5. The number of halogens is 2. The SMILES string of the molecule is O=C(Cc1ccc(F)cc1)NCC(=O)Nc1ccc(F)cc1. The normalized spacial score (nSPS) is 10.1. The van der Waals surface area contributed by atoms with Crippen LogP contribution < -0.4 is 10.6 Å². The van der Waals surface area contributed by atoms with E-state index in [0.717, 1.165) is 0 Å². The van der Waals surface area contributed by atoms with E-state index in [2.05, 4.69) is 10.6 Å². The minimum atomic E-state index is -0.418. The van der Waals surface area contributed by atoms with Gasteiger partial charge in [-0.2, -0.15) is 0 Å². The fourth-order valence-corrected chi connectivity index (χ4v) is 1.77. The van der Waals surface area contributed by atoms with Crippen LogP contribution in [0.1, 0.15) is 5.56 Å². The topological polar surface area (TPSA) is 58.2 Å². The Kier molecular flexibility index (Phi) is 5.19. The van der Waals surface area contributed by atoms with E-state index >= 15 is 0 Å². The molecule has 0 aromatic heterocycles. The summed E-state index contributed by atoms with van der Waals surface area (Å²) in [6, 6.07) is 10.8. The molecule has 0 radical (unpaired) electrons. The Morgan fingerprint density at radius 3 is 1.95 bits per heavy atom. The molecule has 4 nitrogen and oxygen atoms in total. The quantitative estimate of drug-likeness (QED) is 0.890. The summed E-state index contributed by atoms with van der Waals surface area (Å²) in [7, 11) is 0. The molecule has 0 saturated heterocycles. The second-order valence-electron chi connectivity index (χ2n) is 4.64. The molecule has 2 aromatic rings. The Labute approximate surface area is 126 Å². The third-order valence-corrected chi connectivity index (χ3v) is 2.85. The number of anilines is 1. The summed E-state index contributed by atoms with van der Waals surface area (Å²) < 4.78 is 25.4. The summed E-state index contributed by atoms with van der Waals surface area (Å²) in [4.78, 5) is 23.3. The van der Waals surface area contributed by atoms with Crippen LogP contribution in [0.15, 0.2) is 48.5 Å². The minimum Gasteiger partial charge on any atom is -0.347 e. The standard InChI is InChI=1S/C16H14F2N2O2/c17-12-3-1-11(2-4-12)9-15(21)19-10-16(22)20-14-7-5-13(18)6-8-14/h1-8H,9-10H2,(H,19,21)(H,20,22). The van der Waals surface area contributed by atoms with Gasteiger partial charge < -0.3 is 10.6 Å². The monoisotopic (exact) mass is 304 g/mol. The zero-order valence-electron chi connectivity index (χ0n) is 11.6. The molecule has 114 valence electrons. The Balaban J connectivity index is 1.76. The maximum absolute atomic E-state index is 12.7. The molecule has 0 spiro atoms. The number of amides is 2. The zero-order valence-corrected chi connectivity index (χ0v) is 11.6. The number of carbonyl (C=O) groups is 2. The smallest absolute Gasteiger partial charge is 0.243 e. The molecule has 0 fully saturated rings. The van der Waals surface area contributed by atoms with Gasteiger partial charge in [-0.15, -0.1) is 0 Å². The Bertz CT molecular complexity index is 595. The van der Waals surface area contributed by atoms with Crippen molar-refractivity contribution in [2.75, 3.05) is 11.9 Å². The van der Waals surface area contributed by atoms with Crippen LogP contribution in [-0.2, 0) is 16.0 Å². The summed E-state index contributed by atoms with van der Waals surface area (Å²) in [5.41, 5.74) is 1.09. The van der Waals surface area contributed by atoms with E-state index < -0.39 is 11.7 Å². The zero-order chi connectivity index (χ0) is 15.9. The summed E-state index contributed by atoms with van der Waals surface area (Å²) in [5.74, 6) is -1.53. The lowest BCUT2D eigenvalue weighted by Crippen LogP contribution is -2.33. The average Bonchev–Trinajstić information content (AvgIpc) is 2.50. The van der Waals surface area contributed by atoms with Crippen LogP contribution in [0.3, 0.4) is 0 Å². The highest BCUT2D eigenvalue weighted by Gasteiger charge is 2.07. The maximum Gasteiger partial charge on any atom is 0.243 e. The number of hydrogen-bond donors (Lipinski definition) is 2. The molecule has 0 aliphatic rings. The van der Waals surface area contributed by atoms with Crippen LogP contribution in [0.2, 0.25) is 0 Å². The molecule has 0 saturated carbocycles. The Hall–Kier alpha value is -2.76. The summed E-state index contributed by atoms with van der Waals surface area (Å²) in [5, 5.41) is 4.98. The summed E-state index contributed by atoms with van der Waals surface area (Å²) in [6.45, 7) is -0.197. The van der Waals surface area contributed by atoms with Gasteiger partial charge in [0.15, 0.2) is 0 Å². The van der Waals surface area contributed by atoms with Crippen molar-refractivity contribution in [3.05, 3.63) is 65.7 Å². The molecular weight excluding hydrogens is 290 g/mol. The van der Waals surface area contributed by atoms with Gasteiger partial charge in [-0.05, 0) is 42.0 Å². The molecule has 2 aromatic carbocycles. The van der Waals surface area contributed by atoms with Gasteiger partial charge in [-0.1, -0.05) is 12.1 Å². The number of benzene rings is 2. The third-order valence-electron chi connectivity index (χ3n) is 2.85. The lowest BCUT2D eigenvalue weighted by molar-refractivity contribution is -0.123. The van der Waals surface area contributed by atoms with Crippen molar-refractivity contribution in [1.29, 1.82) is 0 Å². The van der Waals surface area contributed by atoms with Gasteiger partial charge in [0.2, 0.25) is 11.8 Å². The van der Waals surface area contributed by atoms with Crippen molar-refractivity contribution < 1.29 is 18.4 Å². The molecule has 2 rings (SSSR count). The van der Waals surface area contributed by atoms with E-state index in [1.54, 1.807) is 0 Å². The van der Waals surface area contributed by atoms with Crippen LogP contribution >= 0.6 is 0 Å². The Morgan fingerprint density at radius 1 is 0.818 bits per heavy atom. The van der Waals surface area contributed by atoms with E-state index in [1.807, 2.05) is 0 Å². The predicted octanol–water partition coefficient (Wildman–Crippen LogP) is 2.26. The van der Waals surface area contributed by atoms with Crippen LogP contribution in [-0.4, -0.2) is 18.4 Å². The maximum atomic E-state index is 12.7. The first-order valence-corrected chi connectivity index (χ1v) is 6.59. The average molecular weight is 304 g/mol. The summed E-state index contributed by atoms with van der Waals surface area (Å²) in [6.07, 6.45) is 0.0596. The molecular formula is C16H14F2N2O2. The number of rotatable bonds is 5. The molecule has 0 bridgehead atoms. The lowest BCUT2D eigenvalue weighted by atomic mass is 10.1. The molecule has 0 aliphatic carbocycles. The molecule has 0 aliphatic heterocycles. The molecule has 0 atom stereocenters. The van der Waals surface area contributed by atoms with Crippen LogP contribution in [0.4, 0.5) is 14.5 Å². The molecule has 6 heteroatoms. The largest absolute Gasteiger partial charge is 0.347 e. The fourth-order valence-electron chi connectivity index (χ4n) is 1.77. The predicted molar refractivity (Wildman–Crippen MR) is 78.1 cm³/mol. The third kappa shape index (κ3) is 4.97. The fraction of sp³-hybridized carbons (Fsp3) is 0.125. The second kappa shape index (κ2) is 7.31. The van der Waals surface area contributed by atoms with Gasteiger partial charge in [0.1, 0.15) is 11.6 Å². The highest BCUT2D eigenvalue weighted by Crippen LogP contribution is 2.07. The number of hydrogen-bond acceptors (Lipinski definition) is 2. The molecule has 2 amide bonds. The highest BCUT2D eigenvalue weighted by molar-refractivity contribution is 5.94. The number of nitrogens with one attached hydrogen (secondary N) is 2. The molecule has 22 heavy (non-hydrogen) atoms. The first-order valence-electron chi connectivity index (χ1n) is 6.59. The summed E-state index contributed by atoms with van der Waals surface area (Å²) >= 11 is 0. The van der Waals surface area contributed by atoms with Crippen molar-refractivity contribution in [2.45, 2.75) is 6.42 Å². The van der Waals surface area contributed by atoms with Crippen LogP contribution in [0.25, 0.3) is 0 Å². The molecule has 0 heterocycles. The van der Waals surface area contributed by atoms with Crippen LogP contribution in [0, 0.1) is 11.6 Å². The van der Waals surface area contributed by atoms with Gasteiger partial charge in [-0.25, -0.2) is 8.78 Å². The van der Waals surface area contributed by atoms with E-state index in [4.69, 9.17) is 0 Å². The lowest BCUT2D eigenvalue weighted by Gasteiger charge is -2.07. The molecule has 2 N–H and O–H groups in total. The van der Waals surface area contributed by atoms with Gasteiger partial charge in [0, 0.05) is 5.69 Å².